The van der Waals surface area contributed by atoms with E-state index in [4.69, 9.17) is 11.6 Å². The van der Waals surface area contributed by atoms with Crippen LogP contribution in [-0.2, 0) is 6.54 Å². The van der Waals surface area contributed by atoms with E-state index in [0.717, 1.165) is 11.6 Å². The van der Waals surface area contributed by atoms with Gasteiger partial charge in [-0.25, -0.2) is 0 Å². The Bertz CT molecular complexity index is 535. The van der Waals surface area contributed by atoms with Crippen molar-refractivity contribution >= 4 is 11.6 Å². The molecule has 1 fully saturated rings. The van der Waals surface area contributed by atoms with Gasteiger partial charge in [-0.15, -0.1) is 0 Å². The number of benzene rings is 1. The van der Waals surface area contributed by atoms with Gasteiger partial charge in [0.25, 0.3) is 0 Å². The molecule has 1 aromatic carbocycles. The molecule has 1 aliphatic rings. The van der Waals surface area contributed by atoms with Crippen molar-refractivity contribution in [1.29, 1.82) is 0 Å². The van der Waals surface area contributed by atoms with Crippen molar-refractivity contribution < 1.29 is 0 Å². The Hall–Kier alpha value is -1.38. The maximum atomic E-state index is 6.10. The average molecular weight is 259 g/mol. The number of hydrogen-bond donors (Lipinski definition) is 1. The number of pyridine rings is 1. The molecule has 1 N–H and O–H groups in total. The summed E-state index contributed by atoms with van der Waals surface area (Å²) in [5, 5.41) is 4.33. The molecular formula is C15H15ClN2. The minimum absolute atomic E-state index is 0.703. The topological polar surface area (TPSA) is 24.9 Å². The van der Waals surface area contributed by atoms with Gasteiger partial charge in [0.2, 0.25) is 0 Å². The van der Waals surface area contributed by atoms with Crippen molar-refractivity contribution in [3.63, 3.8) is 0 Å². The lowest BCUT2D eigenvalue weighted by atomic mass is 10.0. The molecule has 2 aromatic rings. The lowest BCUT2D eigenvalue weighted by Crippen LogP contribution is -2.15. The first-order valence-corrected chi connectivity index (χ1v) is 6.63. The minimum Gasteiger partial charge on any atom is -0.310 e. The van der Waals surface area contributed by atoms with Gasteiger partial charge in [-0.05, 0) is 53.8 Å². The second kappa shape index (κ2) is 5.09. The fourth-order valence-corrected chi connectivity index (χ4v) is 2.26. The van der Waals surface area contributed by atoms with Crippen molar-refractivity contribution in [2.24, 2.45) is 0 Å². The molecule has 1 aromatic heterocycles. The van der Waals surface area contributed by atoms with E-state index >= 15 is 0 Å². The second-order valence-corrected chi connectivity index (χ2v) is 5.13. The molecule has 0 unspecified atom stereocenters. The SMILES string of the molecule is Clc1ccc(-c2ccncc2)c(CNC2CC2)c1. The molecule has 0 saturated heterocycles. The van der Waals surface area contributed by atoms with Crippen molar-refractivity contribution in [2.75, 3.05) is 0 Å². The van der Waals surface area contributed by atoms with Crippen LogP contribution < -0.4 is 5.32 Å². The zero-order valence-electron chi connectivity index (χ0n) is 10.1. The highest BCUT2D eigenvalue weighted by atomic mass is 35.5. The number of nitrogens with one attached hydrogen (secondary N) is 1. The van der Waals surface area contributed by atoms with E-state index in [1.807, 2.05) is 36.7 Å². The first-order chi connectivity index (χ1) is 8.83. The first-order valence-electron chi connectivity index (χ1n) is 6.25. The van der Waals surface area contributed by atoms with E-state index in [0.29, 0.717) is 6.04 Å². The molecule has 1 aliphatic carbocycles. The summed E-state index contributed by atoms with van der Waals surface area (Å²) in [7, 11) is 0. The normalized spacial score (nSPS) is 14.7. The number of nitrogens with zero attached hydrogens (tertiary/aromatic N) is 1. The van der Waals surface area contributed by atoms with Crippen LogP contribution in [0.25, 0.3) is 11.1 Å². The van der Waals surface area contributed by atoms with Gasteiger partial charge in [0.05, 0.1) is 0 Å². The molecule has 0 amide bonds. The van der Waals surface area contributed by atoms with Crippen LogP contribution in [0.15, 0.2) is 42.7 Å². The second-order valence-electron chi connectivity index (χ2n) is 4.69. The van der Waals surface area contributed by atoms with Crippen LogP contribution in [0.3, 0.4) is 0 Å². The van der Waals surface area contributed by atoms with Gasteiger partial charge in [-0.3, -0.25) is 4.98 Å². The highest BCUT2D eigenvalue weighted by molar-refractivity contribution is 6.30. The van der Waals surface area contributed by atoms with Crippen LogP contribution in [0.1, 0.15) is 18.4 Å². The summed E-state index contributed by atoms with van der Waals surface area (Å²) in [6, 6.07) is 10.8. The van der Waals surface area contributed by atoms with Crippen molar-refractivity contribution in [3.8, 4) is 11.1 Å². The van der Waals surface area contributed by atoms with Gasteiger partial charge in [-0.1, -0.05) is 17.7 Å². The van der Waals surface area contributed by atoms with E-state index in [2.05, 4.69) is 16.4 Å². The van der Waals surface area contributed by atoms with Crippen molar-refractivity contribution in [1.82, 2.24) is 10.3 Å². The van der Waals surface area contributed by atoms with Crippen LogP contribution >= 0.6 is 11.6 Å². The highest BCUT2D eigenvalue weighted by Crippen LogP contribution is 2.27. The van der Waals surface area contributed by atoms with E-state index in [-0.39, 0.29) is 0 Å². The van der Waals surface area contributed by atoms with E-state index < -0.39 is 0 Å². The lowest BCUT2D eigenvalue weighted by molar-refractivity contribution is 0.689. The van der Waals surface area contributed by atoms with Crippen LogP contribution in [0.4, 0.5) is 0 Å². The summed E-state index contributed by atoms with van der Waals surface area (Å²) < 4.78 is 0. The molecule has 3 rings (SSSR count). The summed E-state index contributed by atoms with van der Waals surface area (Å²) in [5.74, 6) is 0. The van der Waals surface area contributed by atoms with Gasteiger partial charge in [0.15, 0.2) is 0 Å². The molecular weight excluding hydrogens is 244 g/mol. The third-order valence-electron chi connectivity index (χ3n) is 3.22. The summed E-state index contributed by atoms with van der Waals surface area (Å²) in [6.45, 7) is 0.878. The minimum atomic E-state index is 0.703. The number of aromatic nitrogens is 1. The summed E-state index contributed by atoms with van der Waals surface area (Å²) >= 11 is 6.10. The maximum Gasteiger partial charge on any atom is 0.0409 e. The number of halogens is 1. The Morgan fingerprint density at radius 1 is 1.17 bits per heavy atom. The van der Waals surface area contributed by atoms with Crippen LogP contribution in [0.5, 0.6) is 0 Å². The van der Waals surface area contributed by atoms with Crippen LogP contribution in [0, 0.1) is 0 Å². The molecule has 92 valence electrons. The van der Waals surface area contributed by atoms with Gasteiger partial charge in [0.1, 0.15) is 0 Å². The van der Waals surface area contributed by atoms with Crippen LogP contribution in [-0.4, -0.2) is 11.0 Å². The Labute approximate surface area is 112 Å². The third kappa shape index (κ3) is 2.71. The lowest BCUT2D eigenvalue weighted by Gasteiger charge is -2.11. The zero-order valence-corrected chi connectivity index (χ0v) is 10.8. The largest absolute Gasteiger partial charge is 0.310 e. The van der Waals surface area contributed by atoms with Crippen LogP contribution in [0.2, 0.25) is 5.02 Å². The Morgan fingerprint density at radius 2 is 1.94 bits per heavy atom. The predicted octanol–water partition coefficient (Wildman–Crippen LogP) is 3.65. The zero-order chi connectivity index (χ0) is 12.4. The Kier molecular flexibility index (Phi) is 3.31. The molecule has 3 heteroatoms. The van der Waals surface area contributed by atoms with E-state index in [9.17, 15) is 0 Å². The smallest absolute Gasteiger partial charge is 0.0409 e. The number of hydrogen-bond acceptors (Lipinski definition) is 2. The molecule has 0 aliphatic heterocycles. The first kappa shape index (κ1) is 11.7. The molecule has 1 heterocycles. The fourth-order valence-electron chi connectivity index (χ4n) is 2.06. The molecule has 0 spiro atoms. The molecule has 0 radical (unpaired) electrons. The molecule has 2 nitrogen and oxygen atoms in total. The van der Waals surface area contributed by atoms with Gasteiger partial charge in [-0.2, -0.15) is 0 Å². The summed E-state index contributed by atoms with van der Waals surface area (Å²) in [6.07, 6.45) is 6.24. The Balaban J connectivity index is 1.91. The average Bonchev–Trinajstić information content (AvgIpc) is 3.21. The number of rotatable bonds is 4. The molecule has 0 atom stereocenters. The van der Waals surface area contributed by atoms with Gasteiger partial charge in [0, 0.05) is 30.0 Å². The quantitative estimate of drug-likeness (QED) is 0.905. The molecule has 18 heavy (non-hydrogen) atoms. The molecule has 0 bridgehead atoms. The molecule has 1 saturated carbocycles. The fraction of sp³-hybridized carbons (Fsp3) is 0.267. The van der Waals surface area contributed by atoms with Gasteiger partial charge < -0.3 is 5.32 Å². The maximum absolute atomic E-state index is 6.10. The van der Waals surface area contributed by atoms with E-state index in [1.165, 1.54) is 29.5 Å². The monoisotopic (exact) mass is 258 g/mol. The third-order valence-corrected chi connectivity index (χ3v) is 3.45. The summed E-state index contributed by atoms with van der Waals surface area (Å²) in [5.41, 5.74) is 3.67. The summed E-state index contributed by atoms with van der Waals surface area (Å²) in [4.78, 5) is 4.06. The van der Waals surface area contributed by atoms with E-state index in [1.54, 1.807) is 0 Å². The van der Waals surface area contributed by atoms with Gasteiger partial charge >= 0.3 is 0 Å². The Morgan fingerprint density at radius 3 is 2.67 bits per heavy atom. The van der Waals surface area contributed by atoms with Crippen molar-refractivity contribution in [2.45, 2.75) is 25.4 Å². The standard InChI is InChI=1S/C15H15ClN2/c16-13-1-4-15(11-5-7-17-8-6-11)12(9-13)10-18-14-2-3-14/h1,4-9,14,18H,2-3,10H2. The van der Waals surface area contributed by atoms with Crippen molar-refractivity contribution in [3.05, 3.63) is 53.3 Å². The highest BCUT2D eigenvalue weighted by Gasteiger charge is 2.20. The predicted molar refractivity (Wildman–Crippen MR) is 74.5 cm³/mol.